The van der Waals surface area contributed by atoms with Gasteiger partial charge in [-0.25, -0.2) is 0 Å². The summed E-state index contributed by atoms with van der Waals surface area (Å²) in [5, 5.41) is 0. The molecule has 164 valence electrons. The highest BCUT2D eigenvalue weighted by atomic mass is 35.5. The van der Waals surface area contributed by atoms with Gasteiger partial charge in [0, 0.05) is 45.3 Å². The number of halogens is 2. The lowest BCUT2D eigenvalue weighted by atomic mass is 9.94. The van der Waals surface area contributed by atoms with Crippen molar-refractivity contribution in [1.29, 1.82) is 0 Å². The lowest BCUT2D eigenvalue weighted by molar-refractivity contribution is -0.140. The molecule has 8 heteroatoms. The summed E-state index contributed by atoms with van der Waals surface area (Å²) < 4.78 is 0. The standard InChI is InChI=1S/C21H32N4O2.2ClH/c1-16(19(22)18-8-4-3-5-9-18)20(26)25-14-12-23(13-15-25)17(2)21(27)24-10-6-7-11-24;;/h3-5,8-9,16-17,19H,6-7,10-15,22H2,1-2H3;2*1H. The van der Waals surface area contributed by atoms with Crippen molar-refractivity contribution in [1.82, 2.24) is 14.7 Å². The Balaban J connectivity index is 0.00000210. The lowest BCUT2D eigenvalue weighted by Crippen LogP contribution is -2.56. The number of amides is 2. The topological polar surface area (TPSA) is 69.9 Å². The molecule has 1 aromatic rings. The first-order valence-corrected chi connectivity index (χ1v) is 10.1. The van der Waals surface area contributed by atoms with E-state index in [0.29, 0.717) is 13.1 Å². The highest BCUT2D eigenvalue weighted by Gasteiger charge is 2.33. The van der Waals surface area contributed by atoms with E-state index in [1.54, 1.807) is 0 Å². The van der Waals surface area contributed by atoms with E-state index in [9.17, 15) is 9.59 Å². The van der Waals surface area contributed by atoms with Crippen LogP contribution in [0.4, 0.5) is 0 Å². The maximum absolute atomic E-state index is 12.9. The molecule has 3 atom stereocenters. The minimum absolute atomic E-state index is 0. The lowest BCUT2D eigenvalue weighted by Gasteiger charge is -2.39. The Morgan fingerprint density at radius 1 is 0.828 bits per heavy atom. The summed E-state index contributed by atoms with van der Waals surface area (Å²) in [5.41, 5.74) is 7.31. The normalized spacial score (nSPS) is 20.2. The minimum Gasteiger partial charge on any atom is -0.341 e. The third-order valence-corrected chi connectivity index (χ3v) is 6.06. The SMILES string of the molecule is CC(C(=O)N1CCN(C(C)C(=O)N2CCCC2)CC1)C(N)c1ccccc1.Cl.Cl. The number of hydrogen-bond donors (Lipinski definition) is 1. The Kier molecular flexibility index (Phi) is 10.4. The number of benzene rings is 1. The average Bonchev–Trinajstić information content (AvgIpc) is 3.26. The number of carbonyl (C=O) groups is 2. The Labute approximate surface area is 186 Å². The molecule has 0 aliphatic carbocycles. The molecular weight excluding hydrogens is 411 g/mol. The van der Waals surface area contributed by atoms with E-state index in [4.69, 9.17) is 5.73 Å². The van der Waals surface area contributed by atoms with E-state index in [2.05, 4.69) is 4.90 Å². The number of carbonyl (C=O) groups excluding carboxylic acids is 2. The molecule has 0 radical (unpaired) electrons. The molecule has 0 saturated carbocycles. The molecule has 2 aliphatic heterocycles. The molecule has 29 heavy (non-hydrogen) atoms. The van der Waals surface area contributed by atoms with Gasteiger partial charge in [-0.3, -0.25) is 14.5 Å². The molecule has 2 aliphatic rings. The zero-order valence-corrected chi connectivity index (χ0v) is 19.0. The van der Waals surface area contributed by atoms with Crippen LogP contribution < -0.4 is 5.73 Å². The van der Waals surface area contributed by atoms with Crippen LogP contribution in [0.2, 0.25) is 0 Å². The third kappa shape index (κ3) is 6.07. The van der Waals surface area contributed by atoms with Gasteiger partial charge in [-0.05, 0) is 25.3 Å². The van der Waals surface area contributed by atoms with Crippen molar-refractivity contribution in [3.05, 3.63) is 35.9 Å². The Morgan fingerprint density at radius 3 is 1.90 bits per heavy atom. The van der Waals surface area contributed by atoms with Gasteiger partial charge in [0.15, 0.2) is 0 Å². The van der Waals surface area contributed by atoms with Crippen LogP contribution in [-0.2, 0) is 9.59 Å². The summed E-state index contributed by atoms with van der Waals surface area (Å²) in [7, 11) is 0. The van der Waals surface area contributed by atoms with Gasteiger partial charge in [0.25, 0.3) is 0 Å². The molecule has 2 heterocycles. The van der Waals surface area contributed by atoms with Crippen molar-refractivity contribution in [2.75, 3.05) is 39.3 Å². The van der Waals surface area contributed by atoms with Crippen LogP contribution in [0, 0.1) is 5.92 Å². The first kappa shape index (κ1) is 25.7. The van der Waals surface area contributed by atoms with Crippen LogP contribution in [0.1, 0.15) is 38.3 Å². The van der Waals surface area contributed by atoms with Gasteiger partial charge >= 0.3 is 0 Å². The van der Waals surface area contributed by atoms with Crippen molar-refractivity contribution in [3.63, 3.8) is 0 Å². The molecule has 6 nitrogen and oxygen atoms in total. The summed E-state index contributed by atoms with van der Waals surface area (Å²) in [6.45, 7) is 8.45. The minimum atomic E-state index is -0.299. The van der Waals surface area contributed by atoms with Gasteiger partial charge in [0.05, 0.1) is 12.0 Å². The maximum Gasteiger partial charge on any atom is 0.239 e. The van der Waals surface area contributed by atoms with Crippen molar-refractivity contribution in [2.24, 2.45) is 11.7 Å². The fourth-order valence-corrected chi connectivity index (χ4v) is 4.09. The van der Waals surface area contributed by atoms with Gasteiger partial charge in [0.1, 0.15) is 0 Å². The molecule has 2 fully saturated rings. The first-order valence-electron chi connectivity index (χ1n) is 10.1. The van der Waals surface area contributed by atoms with E-state index in [1.807, 2.05) is 54.0 Å². The van der Waals surface area contributed by atoms with Crippen molar-refractivity contribution in [2.45, 2.75) is 38.8 Å². The molecule has 0 spiro atoms. The second kappa shape index (κ2) is 11.7. The van der Waals surface area contributed by atoms with E-state index >= 15 is 0 Å². The predicted molar refractivity (Wildman–Crippen MR) is 120 cm³/mol. The van der Waals surface area contributed by atoms with Gasteiger partial charge < -0.3 is 15.5 Å². The van der Waals surface area contributed by atoms with Gasteiger partial charge in [-0.2, -0.15) is 0 Å². The highest BCUT2D eigenvalue weighted by molar-refractivity contribution is 5.85. The van der Waals surface area contributed by atoms with Crippen LogP contribution in [0.15, 0.2) is 30.3 Å². The largest absolute Gasteiger partial charge is 0.341 e. The summed E-state index contributed by atoms with van der Waals surface area (Å²) in [6, 6.07) is 9.38. The van der Waals surface area contributed by atoms with Crippen LogP contribution in [-0.4, -0.2) is 71.8 Å². The molecule has 2 saturated heterocycles. The predicted octanol–water partition coefficient (Wildman–Crippen LogP) is 2.32. The fraction of sp³-hybridized carbons (Fsp3) is 0.619. The van der Waals surface area contributed by atoms with E-state index < -0.39 is 0 Å². The number of rotatable bonds is 5. The van der Waals surface area contributed by atoms with Crippen molar-refractivity contribution < 1.29 is 9.59 Å². The van der Waals surface area contributed by atoms with E-state index in [0.717, 1.165) is 44.6 Å². The van der Waals surface area contributed by atoms with Gasteiger partial charge in [0.2, 0.25) is 11.8 Å². The van der Waals surface area contributed by atoms with Gasteiger partial charge in [-0.1, -0.05) is 37.3 Å². The van der Waals surface area contributed by atoms with E-state index in [-0.39, 0.29) is 54.6 Å². The second-order valence-corrected chi connectivity index (χ2v) is 7.79. The fourth-order valence-electron chi connectivity index (χ4n) is 4.09. The third-order valence-electron chi connectivity index (χ3n) is 6.06. The molecule has 2 amide bonds. The smallest absolute Gasteiger partial charge is 0.239 e. The summed E-state index contributed by atoms with van der Waals surface area (Å²) in [4.78, 5) is 31.6. The number of likely N-dealkylation sites (tertiary alicyclic amines) is 1. The monoisotopic (exact) mass is 444 g/mol. The molecular formula is C21H34Cl2N4O2. The molecule has 1 aromatic carbocycles. The number of nitrogens with two attached hydrogens (primary N) is 1. The van der Waals surface area contributed by atoms with Crippen LogP contribution in [0.3, 0.4) is 0 Å². The van der Waals surface area contributed by atoms with Crippen molar-refractivity contribution in [3.8, 4) is 0 Å². The van der Waals surface area contributed by atoms with Gasteiger partial charge in [-0.15, -0.1) is 24.8 Å². The quantitative estimate of drug-likeness (QED) is 0.756. The Bertz CT molecular complexity index is 647. The second-order valence-electron chi connectivity index (χ2n) is 7.79. The summed E-state index contributed by atoms with van der Waals surface area (Å²) in [6.07, 6.45) is 2.22. The first-order chi connectivity index (χ1) is 13.0. The number of piperazine rings is 1. The molecule has 0 aromatic heterocycles. The Morgan fingerprint density at radius 2 is 1.34 bits per heavy atom. The maximum atomic E-state index is 12.9. The molecule has 0 bridgehead atoms. The van der Waals surface area contributed by atoms with E-state index in [1.165, 1.54) is 0 Å². The molecule has 2 N–H and O–H groups in total. The van der Waals surface area contributed by atoms with Crippen LogP contribution in [0.5, 0.6) is 0 Å². The molecule has 3 rings (SSSR count). The number of nitrogens with zero attached hydrogens (tertiary/aromatic N) is 3. The Hall–Kier alpha value is -1.34. The van der Waals surface area contributed by atoms with Crippen LogP contribution >= 0.6 is 24.8 Å². The zero-order chi connectivity index (χ0) is 19.4. The zero-order valence-electron chi connectivity index (χ0n) is 17.3. The summed E-state index contributed by atoms with van der Waals surface area (Å²) in [5.74, 6) is 0.0684. The van der Waals surface area contributed by atoms with Crippen molar-refractivity contribution >= 4 is 36.6 Å². The number of hydrogen-bond acceptors (Lipinski definition) is 4. The summed E-state index contributed by atoms with van der Waals surface area (Å²) >= 11 is 0. The highest BCUT2D eigenvalue weighted by Crippen LogP contribution is 2.22. The molecule has 3 unspecified atom stereocenters. The van der Waals surface area contributed by atoms with Crippen LogP contribution in [0.25, 0.3) is 0 Å². The average molecular weight is 445 g/mol.